The van der Waals surface area contributed by atoms with Crippen molar-refractivity contribution in [2.75, 3.05) is 13.2 Å². The minimum absolute atomic E-state index is 0.137. The average Bonchev–Trinajstić information content (AvgIpc) is 2.09. The van der Waals surface area contributed by atoms with Crippen molar-refractivity contribution in [2.24, 2.45) is 5.92 Å². The van der Waals surface area contributed by atoms with Gasteiger partial charge in [0.25, 0.3) is 0 Å². The van der Waals surface area contributed by atoms with Crippen LogP contribution in [0.1, 0.15) is 54.4 Å². The second-order valence-electron chi connectivity index (χ2n) is 7.58. The summed E-state index contributed by atoms with van der Waals surface area (Å²) in [5, 5.41) is 6.41. The van der Waals surface area contributed by atoms with Gasteiger partial charge in [0, 0.05) is 23.5 Å². The van der Waals surface area contributed by atoms with Gasteiger partial charge in [-0.2, -0.15) is 0 Å². The van der Waals surface area contributed by atoms with Crippen LogP contribution in [0, 0.1) is 5.92 Å². The molecule has 0 saturated heterocycles. The summed E-state index contributed by atoms with van der Waals surface area (Å²) in [6.07, 6.45) is 1.98. The van der Waals surface area contributed by atoms with E-state index >= 15 is 0 Å². The third-order valence-corrected chi connectivity index (χ3v) is 3.07. The summed E-state index contributed by atoms with van der Waals surface area (Å²) < 4.78 is 5.74. The highest BCUT2D eigenvalue weighted by molar-refractivity contribution is 5.80. The van der Waals surface area contributed by atoms with Gasteiger partial charge in [-0.1, -0.05) is 0 Å². The van der Waals surface area contributed by atoms with E-state index in [9.17, 15) is 4.79 Å². The Morgan fingerprint density at radius 1 is 1.11 bits per heavy atom. The van der Waals surface area contributed by atoms with Gasteiger partial charge in [0.2, 0.25) is 5.91 Å². The molecule has 4 nitrogen and oxygen atoms in total. The predicted molar refractivity (Wildman–Crippen MR) is 78.1 cm³/mol. The van der Waals surface area contributed by atoms with E-state index in [1.807, 2.05) is 20.8 Å². The molecule has 0 radical (unpaired) electrons. The second kappa shape index (κ2) is 6.23. The molecule has 0 unspecified atom stereocenters. The molecule has 1 saturated carbocycles. The van der Waals surface area contributed by atoms with Crippen LogP contribution in [-0.2, 0) is 9.53 Å². The van der Waals surface area contributed by atoms with Crippen molar-refractivity contribution in [3.8, 4) is 0 Å². The molecule has 0 aliphatic heterocycles. The molecule has 1 aliphatic rings. The van der Waals surface area contributed by atoms with Crippen molar-refractivity contribution in [3.63, 3.8) is 0 Å². The quantitative estimate of drug-likeness (QED) is 0.752. The molecule has 112 valence electrons. The Kier molecular flexibility index (Phi) is 5.39. The summed E-state index contributed by atoms with van der Waals surface area (Å²) in [6, 6.07) is 0. The van der Waals surface area contributed by atoms with Crippen molar-refractivity contribution in [1.82, 2.24) is 10.6 Å². The van der Waals surface area contributed by atoms with Gasteiger partial charge in [-0.05, 0) is 54.4 Å². The Bertz CT molecular complexity index is 296. The highest BCUT2D eigenvalue weighted by Gasteiger charge is 2.36. The fraction of sp³-hybridized carbons (Fsp3) is 0.933. The Morgan fingerprint density at radius 2 is 1.68 bits per heavy atom. The molecule has 0 atom stereocenters. The van der Waals surface area contributed by atoms with Gasteiger partial charge in [0.1, 0.15) is 0 Å². The summed E-state index contributed by atoms with van der Waals surface area (Å²) in [6.45, 7) is 14.0. The van der Waals surface area contributed by atoms with Gasteiger partial charge >= 0.3 is 0 Å². The van der Waals surface area contributed by atoms with Crippen molar-refractivity contribution >= 4 is 5.91 Å². The van der Waals surface area contributed by atoms with Crippen LogP contribution in [0.2, 0.25) is 0 Å². The summed E-state index contributed by atoms with van der Waals surface area (Å²) in [7, 11) is 0. The average molecular weight is 270 g/mol. The first-order valence-electron chi connectivity index (χ1n) is 7.25. The van der Waals surface area contributed by atoms with E-state index in [0.717, 1.165) is 26.0 Å². The zero-order chi connectivity index (χ0) is 14.7. The van der Waals surface area contributed by atoms with Crippen LogP contribution in [0.25, 0.3) is 0 Å². The lowest BCUT2D eigenvalue weighted by Crippen LogP contribution is -2.49. The summed E-state index contributed by atoms with van der Waals surface area (Å²) in [4.78, 5) is 11.9. The third kappa shape index (κ3) is 6.92. The monoisotopic (exact) mass is 270 g/mol. The van der Waals surface area contributed by atoms with Crippen LogP contribution in [0.15, 0.2) is 0 Å². The van der Waals surface area contributed by atoms with Gasteiger partial charge in [-0.15, -0.1) is 0 Å². The lowest BCUT2D eigenvalue weighted by Gasteiger charge is -2.36. The molecule has 1 fully saturated rings. The van der Waals surface area contributed by atoms with E-state index in [1.165, 1.54) is 0 Å². The van der Waals surface area contributed by atoms with E-state index in [0.29, 0.717) is 0 Å². The minimum atomic E-state index is -0.139. The Hall–Kier alpha value is -0.610. The van der Waals surface area contributed by atoms with Crippen LogP contribution in [-0.4, -0.2) is 36.2 Å². The maximum absolute atomic E-state index is 11.9. The Labute approximate surface area is 117 Å². The van der Waals surface area contributed by atoms with E-state index in [1.54, 1.807) is 0 Å². The van der Waals surface area contributed by atoms with Crippen LogP contribution >= 0.6 is 0 Å². The zero-order valence-corrected chi connectivity index (χ0v) is 13.3. The zero-order valence-electron chi connectivity index (χ0n) is 13.3. The number of hydrogen-bond acceptors (Lipinski definition) is 3. The molecule has 1 rings (SSSR count). The maximum Gasteiger partial charge on any atom is 0.223 e. The fourth-order valence-electron chi connectivity index (χ4n) is 2.04. The van der Waals surface area contributed by atoms with Crippen LogP contribution in [0.3, 0.4) is 0 Å². The van der Waals surface area contributed by atoms with Gasteiger partial charge < -0.3 is 15.4 Å². The number of rotatable bonds is 5. The van der Waals surface area contributed by atoms with Crippen molar-refractivity contribution in [1.29, 1.82) is 0 Å². The number of carbonyl (C=O) groups is 1. The molecule has 0 aromatic carbocycles. The summed E-state index contributed by atoms with van der Waals surface area (Å²) in [5.41, 5.74) is -0.00222. The van der Waals surface area contributed by atoms with Crippen molar-refractivity contribution in [3.05, 3.63) is 0 Å². The SMILES string of the molecule is CC(C)(C)NCCOC1CC(C(=O)NC(C)(C)C)C1. The van der Waals surface area contributed by atoms with E-state index in [2.05, 4.69) is 31.4 Å². The Balaban J connectivity index is 2.09. The molecule has 1 aliphatic carbocycles. The third-order valence-electron chi connectivity index (χ3n) is 3.07. The summed E-state index contributed by atoms with van der Waals surface area (Å²) in [5.74, 6) is 0.306. The Morgan fingerprint density at radius 3 is 2.16 bits per heavy atom. The first-order valence-corrected chi connectivity index (χ1v) is 7.25. The largest absolute Gasteiger partial charge is 0.377 e. The van der Waals surface area contributed by atoms with Crippen molar-refractivity contribution < 1.29 is 9.53 Å². The lowest BCUT2D eigenvalue weighted by molar-refractivity contribution is -0.135. The number of hydrogen-bond donors (Lipinski definition) is 2. The number of nitrogens with one attached hydrogen (secondary N) is 2. The lowest BCUT2D eigenvalue weighted by atomic mass is 9.81. The molecule has 0 spiro atoms. The molecular formula is C15H30N2O2. The fourth-order valence-corrected chi connectivity index (χ4v) is 2.04. The highest BCUT2D eigenvalue weighted by atomic mass is 16.5. The van der Waals surface area contributed by atoms with E-state index < -0.39 is 0 Å². The maximum atomic E-state index is 11.9. The molecule has 0 bridgehead atoms. The molecule has 0 aromatic rings. The molecular weight excluding hydrogens is 240 g/mol. The molecule has 4 heteroatoms. The molecule has 0 heterocycles. The smallest absolute Gasteiger partial charge is 0.223 e. The summed E-state index contributed by atoms with van der Waals surface area (Å²) >= 11 is 0. The normalized spacial score (nSPS) is 23.9. The predicted octanol–water partition coefficient (Wildman–Crippen LogP) is 2.08. The van der Waals surface area contributed by atoms with Crippen LogP contribution in [0.5, 0.6) is 0 Å². The van der Waals surface area contributed by atoms with Gasteiger partial charge in [-0.3, -0.25) is 4.79 Å². The highest BCUT2D eigenvalue weighted by Crippen LogP contribution is 2.30. The molecule has 2 N–H and O–H groups in total. The van der Waals surface area contributed by atoms with E-state index in [4.69, 9.17) is 4.74 Å². The number of carbonyl (C=O) groups excluding carboxylic acids is 1. The minimum Gasteiger partial charge on any atom is -0.377 e. The topological polar surface area (TPSA) is 50.4 Å². The van der Waals surface area contributed by atoms with Gasteiger partial charge in [0.05, 0.1) is 12.7 Å². The second-order valence-corrected chi connectivity index (χ2v) is 7.58. The van der Waals surface area contributed by atoms with Gasteiger partial charge in [0.15, 0.2) is 0 Å². The molecule has 19 heavy (non-hydrogen) atoms. The van der Waals surface area contributed by atoms with Crippen molar-refractivity contribution in [2.45, 2.75) is 71.6 Å². The standard InChI is InChI=1S/C15H30N2O2/c1-14(2,3)16-7-8-19-12-9-11(10-12)13(18)17-15(4,5)6/h11-12,16H,7-10H2,1-6H3,(H,17,18). The number of ether oxygens (including phenoxy) is 1. The molecule has 0 aromatic heterocycles. The molecule has 1 amide bonds. The first kappa shape index (κ1) is 16.4. The first-order chi connectivity index (χ1) is 8.57. The van der Waals surface area contributed by atoms with E-state index in [-0.39, 0.29) is 29.0 Å². The number of amides is 1. The van der Waals surface area contributed by atoms with Crippen LogP contribution < -0.4 is 10.6 Å². The van der Waals surface area contributed by atoms with Gasteiger partial charge in [-0.25, -0.2) is 0 Å². The van der Waals surface area contributed by atoms with Crippen LogP contribution in [0.4, 0.5) is 0 Å².